The van der Waals surface area contributed by atoms with Crippen LogP contribution in [0.3, 0.4) is 0 Å². The summed E-state index contributed by atoms with van der Waals surface area (Å²) in [6.07, 6.45) is 0.818. The van der Waals surface area contributed by atoms with E-state index in [1.807, 2.05) is 30.3 Å². The lowest BCUT2D eigenvalue weighted by Gasteiger charge is -2.32. The second-order valence-corrected chi connectivity index (χ2v) is 5.61. The van der Waals surface area contributed by atoms with E-state index >= 15 is 0 Å². The van der Waals surface area contributed by atoms with Gasteiger partial charge in [0.25, 0.3) is 5.91 Å². The van der Waals surface area contributed by atoms with Crippen LogP contribution in [0.5, 0.6) is 0 Å². The van der Waals surface area contributed by atoms with Gasteiger partial charge in [0.05, 0.1) is 0 Å². The highest BCUT2D eigenvalue weighted by Gasteiger charge is 2.23. The predicted molar refractivity (Wildman–Crippen MR) is 90.0 cm³/mol. The molecule has 0 radical (unpaired) electrons. The van der Waals surface area contributed by atoms with Crippen molar-refractivity contribution in [2.75, 3.05) is 31.5 Å². The van der Waals surface area contributed by atoms with Gasteiger partial charge in [-0.05, 0) is 19.1 Å². The normalized spacial score (nSPS) is 14.4. The Bertz CT molecular complexity index is 727. The van der Waals surface area contributed by atoms with Crippen molar-refractivity contribution in [1.82, 2.24) is 19.8 Å². The number of nitrogens with one attached hydrogen (secondary N) is 1. The van der Waals surface area contributed by atoms with Gasteiger partial charge in [0.15, 0.2) is 0 Å². The van der Waals surface area contributed by atoms with E-state index in [1.165, 1.54) is 0 Å². The Morgan fingerprint density at radius 1 is 1.12 bits per heavy atom. The van der Waals surface area contributed by atoms with Gasteiger partial charge in [-0.3, -0.25) is 9.59 Å². The highest BCUT2D eigenvalue weighted by molar-refractivity contribution is 5.93. The number of piperazine rings is 1. The molecule has 24 heavy (non-hydrogen) atoms. The van der Waals surface area contributed by atoms with Crippen LogP contribution in [0.2, 0.25) is 0 Å². The smallest absolute Gasteiger partial charge is 0.272 e. The zero-order valence-corrected chi connectivity index (χ0v) is 13.5. The number of carbonyl (C=O) groups excluding carboxylic acids is 2. The minimum Gasteiger partial charge on any atom is -0.342 e. The highest BCUT2D eigenvalue weighted by atomic mass is 16.2. The second kappa shape index (κ2) is 7.08. The van der Waals surface area contributed by atoms with Crippen molar-refractivity contribution in [3.05, 3.63) is 47.9 Å². The molecule has 1 fully saturated rings. The largest absolute Gasteiger partial charge is 0.342 e. The maximum absolute atomic E-state index is 12.7. The molecule has 1 aromatic heterocycles. The molecule has 1 aliphatic heterocycles. The number of hydrogen-bond acceptors (Lipinski definition) is 5. The number of benzene rings is 1. The molecule has 0 bridgehead atoms. The van der Waals surface area contributed by atoms with Crippen LogP contribution in [0.1, 0.15) is 16.3 Å². The molecule has 1 aromatic carbocycles. The van der Waals surface area contributed by atoms with Crippen LogP contribution < -0.4 is 5.32 Å². The molecule has 1 aliphatic rings. The van der Waals surface area contributed by atoms with Crippen molar-refractivity contribution >= 4 is 23.8 Å². The molecule has 7 heteroatoms. The Labute approximate surface area is 140 Å². The molecule has 2 amide bonds. The average Bonchev–Trinajstić information content (AvgIpc) is 2.61. The molecule has 0 atom stereocenters. The van der Waals surface area contributed by atoms with Crippen LogP contribution in [0, 0.1) is 6.92 Å². The maximum atomic E-state index is 12.7. The van der Waals surface area contributed by atoms with E-state index in [0.717, 1.165) is 12.1 Å². The van der Waals surface area contributed by atoms with Gasteiger partial charge in [-0.2, -0.15) is 0 Å². The highest BCUT2D eigenvalue weighted by Crippen LogP contribution is 2.16. The molecule has 124 valence electrons. The third-order valence-corrected chi connectivity index (χ3v) is 3.85. The number of nitrogens with zero attached hydrogens (tertiary/aromatic N) is 4. The fourth-order valence-electron chi connectivity index (χ4n) is 2.60. The van der Waals surface area contributed by atoms with E-state index in [0.29, 0.717) is 43.5 Å². The quantitative estimate of drug-likeness (QED) is 0.861. The van der Waals surface area contributed by atoms with Gasteiger partial charge < -0.3 is 15.1 Å². The molecule has 2 aromatic rings. The van der Waals surface area contributed by atoms with Crippen molar-refractivity contribution in [1.29, 1.82) is 0 Å². The average molecular weight is 325 g/mol. The van der Waals surface area contributed by atoms with Gasteiger partial charge in [0.2, 0.25) is 6.41 Å². The molecule has 1 N–H and O–H groups in total. The lowest BCUT2D eigenvalue weighted by atomic mass is 10.2. The Kier molecular flexibility index (Phi) is 4.69. The lowest BCUT2D eigenvalue weighted by Crippen LogP contribution is -2.48. The number of amides is 2. The molecule has 0 aliphatic carbocycles. The molecular formula is C17H19N5O2. The molecule has 0 spiro atoms. The maximum Gasteiger partial charge on any atom is 0.272 e. The van der Waals surface area contributed by atoms with E-state index in [-0.39, 0.29) is 5.91 Å². The topological polar surface area (TPSA) is 78.4 Å². The van der Waals surface area contributed by atoms with Crippen LogP contribution in [0.4, 0.5) is 11.5 Å². The van der Waals surface area contributed by atoms with Crippen LogP contribution in [0.25, 0.3) is 0 Å². The number of rotatable bonds is 4. The third-order valence-electron chi connectivity index (χ3n) is 3.85. The van der Waals surface area contributed by atoms with Gasteiger partial charge in [-0.15, -0.1) is 0 Å². The molecular weight excluding hydrogens is 306 g/mol. The fourth-order valence-corrected chi connectivity index (χ4v) is 2.60. The molecule has 0 unspecified atom stereocenters. The molecule has 1 saturated heterocycles. The first-order valence-electron chi connectivity index (χ1n) is 7.82. The third kappa shape index (κ3) is 3.68. The van der Waals surface area contributed by atoms with Crippen molar-refractivity contribution < 1.29 is 9.59 Å². The number of aryl methyl sites for hydroxylation is 1. The zero-order valence-electron chi connectivity index (χ0n) is 13.5. The number of hydrogen-bond donors (Lipinski definition) is 1. The Morgan fingerprint density at radius 3 is 2.50 bits per heavy atom. The SMILES string of the molecule is Cc1nc(Nc2ccccc2)cc(C(=O)N2CCN(C=O)CC2)n1. The Balaban J connectivity index is 1.76. The van der Waals surface area contributed by atoms with Gasteiger partial charge in [0, 0.05) is 37.9 Å². The van der Waals surface area contributed by atoms with Crippen LogP contribution in [-0.4, -0.2) is 58.3 Å². The summed E-state index contributed by atoms with van der Waals surface area (Å²) in [4.78, 5) is 35.4. The summed E-state index contributed by atoms with van der Waals surface area (Å²) in [6, 6.07) is 11.3. The van der Waals surface area contributed by atoms with E-state index in [1.54, 1.807) is 22.8 Å². The van der Waals surface area contributed by atoms with Crippen molar-refractivity contribution in [2.45, 2.75) is 6.92 Å². The van der Waals surface area contributed by atoms with Gasteiger partial charge in [-0.1, -0.05) is 18.2 Å². The van der Waals surface area contributed by atoms with Crippen molar-refractivity contribution in [3.63, 3.8) is 0 Å². The number of anilines is 2. The summed E-state index contributed by atoms with van der Waals surface area (Å²) in [5, 5.41) is 3.18. The first kappa shape index (κ1) is 15.9. The van der Waals surface area contributed by atoms with Crippen LogP contribution in [-0.2, 0) is 4.79 Å². The molecule has 3 rings (SSSR count). The van der Waals surface area contributed by atoms with Crippen LogP contribution in [0.15, 0.2) is 36.4 Å². The molecule has 7 nitrogen and oxygen atoms in total. The van der Waals surface area contributed by atoms with E-state index < -0.39 is 0 Å². The first-order chi connectivity index (χ1) is 11.7. The van der Waals surface area contributed by atoms with Gasteiger partial charge >= 0.3 is 0 Å². The van der Waals surface area contributed by atoms with E-state index in [4.69, 9.17) is 0 Å². The van der Waals surface area contributed by atoms with Crippen LogP contribution >= 0.6 is 0 Å². The Morgan fingerprint density at radius 2 is 1.83 bits per heavy atom. The van der Waals surface area contributed by atoms with Crippen molar-refractivity contribution in [3.8, 4) is 0 Å². The summed E-state index contributed by atoms with van der Waals surface area (Å²) in [5.41, 5.74) is 1.26. The predicted octanol–water partition coefficient (Wildman–Crippen LogP) is 1.44. The summed E-state index contributed by atoms with van der Waals surface area (Å²) in [7, 11) is 0. The van der Waals surface area contributed by atoms with E-state index in [2.05, 4.69) is 15.3 Å². The summed E-state index contributed by atoms with van der Waals surface area (Å²) in [6.45, 7) is 3.89. The zero-order chi connectivity index (χ0) is 16.9. The fraction of sp³-hybridized carbons (Fsp3) is 0.294. The summed E-state index contributed by atoms with van der Waals surface area (Å²) >= 11 is 0. The lowest BCUT2D eigenvalue weighted by molar-refractivity contribution is -0.119. The first-order valence-corrected chi connectivity index (χ1v) is 7.82. The summed E-state index contributed by atoms with van der Waals surface area (Å²) in [5.74, 6) is 0.983. The number of aromatic nitrogens is 2. The van der Waals surface area contributed by atoms with E-state index in [9.17, 15) is 9.59 Å². The molecule has 2 heterocycles. The Hall–Kier alpha value is -2.96. The second-order valence-electron chi connectivity index (χ2n) is 5.61. The summed E-state index contributed by atoms with van der Waals surface area (Å²) < 4.78 is 0. The minimum atomic E-state index is -0.137. The minimum absolute atomic E-state index is 0.137. The monoisotopic (exact) mass is 325 g/mol. The standard InChI is InChI=1S/C17H19N5O2/c1-13-18-15(17(24)22-9-7-21(12-23)8-10-22)11-16(19-13)20-14-5-3-2-4-6-14/h2-6,11-12H,7-10H2,1H3,(H,18,19,20). The number of carbonyl (C=O) groups is 2. The van der Waals surface area contributed by atoms with Gasteiger partial charge in [0.1, 0.15) is 17.3 Å². The van der Waals surface area contributed by atoms with Crippen molar-refractivity contribution in [2.24, 2.45) is 0 Å². The number of para-hydroxylation sites is 1. The van der Waals surface area contributed by atoms with Gasteiger partial charge in [-0.25, -0.2) is 9.97 Å². The molecule has 0 saturated carbocycles.